The molecule has 2 nitrogen and oxygen atoms in total. The maximum Gasteiger partial charge on any atom is 0.251 e. The SMILES string of the molecule is CC(C)N1CCC(NC2CC(F)(F)C2)C1. The second-order valence-electron chi connectivity index (χ2n) is 5.20. The van der Waals surface area contributed by atoms with Crippen LogP contribution in [-0.4, -0.2) is 42.0 Å². The van der Waals surface area contributed by atoms with Gasteiger partial charge in [0, 0.05) is 37.5 Å². The molecule has 1 saturated heterocycles. The molecule has 1 atom stereocenters. The Balaban J connectivity index is 1.70. The van der Waals surface area contributed by atoms with Gasteiger partial charge in [-0.3, -0.25) is 4.90 Å². The third-order valence-corrected chi connectivity index (χ3v) is 3.51. The lowest BCUT2D eigenvalue weighted by atomic mass is 9.87. The average Bonchev–Trinajstić information content (AvgIpc) is 2.49. The van der Waals surface area contributed by atoms with Crippen LogP contribution in [-0.2, 0) is 0 Å². The standard InChI is InChI=1S/C11H20F2N2/c1-8(2)15-4-3-9(7-15)14-10-5-11(12,13)6-10/h8-10,14H,3-7H2,1-2H3. The van der Waals surface area contributed by atoms with E-state index in [0.717, 1.165) is 19.5 Å². The van der Waals surface area contributed by atoms with Crippen molar-refractivity contribution < 1.29 is 8.78 Å². The van der Waals surface area contributed by atoms with Crippen molar-refractivity contribution in [3.05, 3.63) is 0 Å². The highest BCUT2D eigenvalue weighted by molar-refractivity contribution is 4.95. The monoisotopic (exact) mass is 218 g/mol. The average molecular weight is 218 g/mol. The number of alkyl halides is 2. The van der Waals surface area contributed by atoms with Gasteiger partial charge in [0.2, 0.25) is 0 Å². The van der Waals surface area contributed by atoms with E-state index in [-0.39, 0.29) is 18.9 Å². The number of halogens is 2. The van der Waals surface area contributed by atoms with Crippen LogP contribution in [0.5, 0.6) is 0 Å². The summed E-state index contributed by atoms with van der Waals surface area (Å²) in [5.74, 6) is -2.39. The zero-order valence-corrected chi connectivity index (χ0v) is 9.47. The zero-order chi connectivity index (χ0) is 11.1. The third-order valence-electron chi connectivity index (χ3n) is 3.51. The van der Waals surface area contributed by atoms with Gasteiger partial charge < -0.3 is 5.32 Å². The van der Waals surface area contributed by atoms with Crippen LogP contribution in [0.2, 0.25) is 0 Å². The van der Waals surface area contributed by atoms with E-state index < -0.39 is 5.92 Å². The topological polar surface area (TPSA) is 15.3 Å². The Bertz CT molecular complexity index is 223. The first-order valence-corrected chi connectivity index (χ1v) is 5.84. The molecule has 0 aromatic heterocycles. The Hall–Kier alpha value is -0.220. The smallest absolute Gasteiger partial charge is 0.251 e. The van der Waals surface area contributed by atoms with E-state index in [9.17, 15) is 8.78 Å². The van der Waals surface area contributed by atoms with Crippen molar-refractivity contribution in [2.24, 2.45) is 0 Å². The molecule has 0 radical (unpaired) electrons. The van der Waals surface area contributed by atoms with Gasteiger partial charge in [0.15, 0.2) is 0 Å². The van der Waals surface area contributed by atoms with Gasteiger partial charge in [-0.2, -0.15) is 0 Å². The molecule has 1 saturated carbocycles. The Kier molecular flexibility index (Phi) is 2.99. The lowest BCUT2D eigenvalue weighted by Gasteiger charge is -2.37. The summed E-state index contributed by atoms with van der Waals surface area (Å²) in [5.41, 5.74) is 0. The number of rotatable bonds is 3. The fourth-order valence-electron chi connectivity index (χ4n) is 2.50. The minimum Gasteiger partial charge on any atom is -0.309 e. The van der Waals surface area contributed by atoms with Crippen molar-refractivity contribution in [2.45, 2.75) is 57.2 Å². The van der Waals surface area contributed by atoms with Gasteiger partial charge in [-0.15, -0.1) is 0 Å². The van der Waals surface area contributed by atoms with Crippen LogP contribution in [0.3, 0.4) is 0 Å². The molecule has 0 aromatic carbocycles. The quantitative estimate of drug-likeness (QED) is 0.777. The van der Waals surface area contributed by atoms with Gasteiger partial charge in [0.05, 0.1) is 0 Å². The number of likely N-dealkylation sites (tertiary alicyclic amines) is 1. The summed E-state index contributed by atoms with van der Waals surface area (Å²) < 4.78 is 25.2. The normalized spacial score (nSPS) is 32.2. The Morgan fingerprint density at radius 3 is 2.40 bits per heavy atom. The molecule has 0 spiro atoms. The molecule has 1 N–H and O–H groups in total. The summed E-state index contributed by atoms with van der Waals surface area (Å²) in [6, 6.07) is 1.05. The lowest BCUT2D eigenvalue weighted by Crippen LogP contribution is -2.52. The van der Waals surface area contributed by atoms with Crippen molar-refractivity contribution in [3.8, 4) is 0 Å². The summed E-state index contributed by atoms with van der Waals surface area (Å²) in [4.78, 5) is 2.40. The van der Waals surface area contributed by atoms with Crippen molar-refractivity contribution in [1.29, 1.82) is 0 Å². The van der Waals surface area contributed by atoms with Crippen LogP contribution in [0.4, 0.5) is 8.78 Å². The van der Waals surface area contributed by atoms with Gasteiger partial charge in [0.1, 0.15) is 0 Å². The molecule has 0 bridgehead atoms. The van der Waals surface area contributed by atoms with Crippen molar-refractivity contribution in [2.75, 3.05) is 13.1 Å². The Morgan fingerprint density at radius 1 is 1.27 bits per heavy atom. The maximum atomic E-state index is 12.6. The largest absolute Gasteiger partial charge is 0.309 e. The van der Waals surface area contributed by atoms with Gasteiger partial charge in [-0.1, -0.05) is 0 Å². The van der Waals surface area contributed by atoms with Gasteiger partial charge in [-0.25, -0.2) is 8.78 Å². The van der Waals surface area contributed by atoms with E-state index in [1.807, 2.05) is 0 Å². The van der Waals surface area contributed by atoms with Crippen molar-refractivity contribution in [1.82, 2.24) is 10.2 Å². The predicted octanol–water partition coefficient (Wildman–Crippen LogP) is 1.86. The van der Waals surface area contributed by atoms with Crippen LogP contribution in [0.25, 0.3) is 0 Å². The number of hydrogen-bond acceptors (Lipinski definition) is 2. The Labute approximate surface area is 90.0 Å². The van der Waals surface area contributed by atoms with Crippen molar-refractivity contribution in [3.63, 3.8) is 0 Å². The first kappa shape index (κ1) is 11.3. The molecule has 0 amide bonds. The second kappa shape index (κ2) is 3.98. The van der Waals surface area contributed by atoms with Gasteiger partial charge >= 0.3 is 0 Å². The minimum atomic E-state index is -2.39. The Morgan fingerprint density at radius 2 is 1.93 bits per heavy atom. The van der Waals surface area contributed by atoms with E-state index >= 15 is 0 Å². The predicted molar refractivity (Wildman–Crippen MR) is 56.2 cm³/mol. The molecular formula is C11H20F2N2. The van der Waals surface area contributed by atoms with Gasteiger partial charge in [-0.05, 0) is 26.8 Å². The molecule has 2 aliphatic rings. The molecule has 4 heteroatoms. The van der Waals surface area contributed by atoms with Gasteiger partial charge in [0.25, 0.3) is 5.92 Å². The molecule has 1 aliphatic heterocycles. The minimum absolute atomic E-state index is 0.0329. The summed E-state index contributed by atoms with van der Waals surface area (Å²) in [6.45, 7) is 6.47. The summed E-state index contributed by atoms with van der Waals surface area (Å²) in [7, 11) is 0. The maximum absolute atomic E-state index is 12.6. The lowest BCUT2D eigenvalue weighted by molar-refractivity contribution is -0.0945. The molecule has 15 heavy (non-hydrogen) atoms. The van der Waals surface area contributed by atoms with E-state index in [1.165, 1.54) is 0 Å². The highest BCUT2D eigenvalue weighted by Crippen LogP contribution is 2.37. The molecule has 2 rings (SSSR count). The summed E-state index contributed by atoms with van der Waals surface area (Å²) in [5, 5.41) is 3.33. The van der Waals surface area contributed by atoms with Crippen molar-refractivity contribution >= 4 is 0 Å². The molecule has 1 heterocycles. The third kappa shape index (κ3) is 2.67. The number of nitrogens with one attached hydrogen (secondary N) is 1. The van der Waals surface area contributed by atoms with E-state index in [2.05, 4.69) is 24.1 Å². The van der Waals surface area contributed by atoms with Crippen LogP contribution >= 0.6 is 0 Å². The summed E-state index contributed by atoms with van der Waals surface area (Å²) >= 11 is 0. The first-order chi connectivity index (χ1) is 6.96. The van der Waals surface area contributed by atoms with Crippen LogP contribution < -0.4 is 5.32 Å². The van der Waals surface area contributed by atoms with Crippen LogP contribution in [0.1, 0.15) is 33.1 Å². The molecule has 1 aliphatic carbocycles. The van der Waals surface area contributed by atoms with Crippen LogP contribution in [0, 0.1) is 0 Å². The zero-order valence-electron chi connectivity index (χ0n) is 9.47. The van der Waals surface area contributed by atoms with E-state index in [4.69, 9.17) is 0 Å². The van der Waals surface area contributed by atoms with Crippen LogP contribution in [0.15, 0.2) is 0 Å². The molecule has 0 aromatic rings. The highest BCUT2D eigenvalue weighted by Gasteiger charge is 2.46. The number of hydrogen-bond donors (Lipinski definition) is 1. The molecule has 2 fully saturated rings. The highest BCUT2D eigenvalue weighted by atomic mass is 19.3. The molecule has 1 unspecified atom stereocenters. The second-order valence-corrected chi connectivity index (χ2v) is 5.20. The van der Waals surface area contributed by atoms with E-state index in [0.29, 0.717) is 12.1 Å². The number of nitrogens with zero attached hydrogens (tertiary/aromatic N) is 1. The molecule has 88 valence electrons. The fourth-order valence-corrected chi connectivity index (χ4v) is 2.50. The summed E-state index contributed by atoms with van der Waals surface area (Å²) in [6.07, 6.45) is 1.16. The first-order valence-electron chi connectivity index (χ1n) is 5.84. The fraction of sp³-hybridized carbons (Fsp3) is 1.00. The molecular weight excluding hydrogens is 198 g/mol. The van der Waals surface area contributed by atoms with E-state index in [1.54, 1.807) is 0 Å².